The van der Waals surface area contributed by atoms with E-state index in [1.165, 1.54) is 4.68 Å². The molecule has 2 aromatic heterocycles. The van der Waals surface area contributed by atoms with Gasteiger partial charge >= 0.3 is 5.69 Å². The van der Waals surface area contributed by atoms with Crippen molar-refractivity contribution in [3.63, 3.8) is 0 Å². The number of aromatic nitrogens is 4. The van der Waals surface area contributed by atoms with E-state index in [-0.39, 0.29) is 5.69 Å². The maximum Gasteiger partial charge on any atom is 0.364 e. The number of pyridine rings is 1. The highest BCUT2D eigenvalue weighted by Crippen LogP contribution is 2.13. The molecule has 3 aromatic rings. The van der Waals surface area contributed by atoms with Gasteiger partial charge in [-0.05, 0) is 17.7 Å². The van der Waals surface area contributed by atoms with Gasteiger partial charge in [0.1, 0.15) is 0 Å². The molecule has 0 amide bonds. The van der Waals surface area contributed by atoms with Crippen molar-refractivity contribution in [2.24, 2.45) is 5.10 Å². The Morgan fingerprint density at radius 1 is 1.10 bits per heavy atom. The first-order valence-electron chi connectivity index (χ1n) is 6.02. The lowest BCUT2D eigenvalue weighted by atomic mass is 10.2. The first kappa shape index (κ1) is 12.0. The standard InChI is InChI=1S/C14H11N5O/c20-14-18-17-13(12-4-2-1-3-5-12)19(14)16-10-11-6-8-15-9-7-11/h1-10H,(H,18,20)/b16-10-. The molecule has 1 aromatic carbocycles. The highest BCUT2D eigenvalue weighted by Gasteiger charge is 2.08. The number of H-pyrrole nitrogens is 1. The van der Waals surface area contributed by atoms with E-state index in [0.717, 1.165) is 11.1 Å². The molecular formula is C14H11N5O. The first-order valence-corrected chi connectivity index (χ1v) is 6.02. The van der Waals surface area contributed by atoms with Gasteiger partial charge in [-0.1, -0.05) is 30.3 Å². The van der Waals surface area contributed by atoms with E-state index in [4.69, 9.17) is 0 Å². The number of hydrogen-bond donors (Lipinski definition) is 1. The quantitative estimate of drug-likeness (QED) is 0.729. The van der Waals surface area contributed by atoms with Crippen molar-refractivity contribution in [1.82, 2.24) is 19.9 Å². The SMILES string of the molecule is O=c1[nH]nc(-c2ccccc2)n1/N=C\c1ccncc1. The van der Waals surface area contributed by atoms with Gasteiger partial charge in [0.2, 0.25) is 0 Å². The molecule has 0 atom stereocenters. The fraction of sp³-hybridized carbons (Fsp3) is 0. The average molecular weight is 265 g/mol. The van der Waals surface area contributed by atoms with Gasteiger partial charge in [0, 0.05) is 18.0 Å². The molecule has 0 aliphatic carbocycles. The number of nitrogens with one attached hydrogen (secondary N) is 1. The summed E-state index contributed by atoms with van der Waals surface area (Å²) in [5, 5.41) is 10.6. The van der Waals surface area contributed by atoms with Crippen molar-refractivity contribution in [3.05, 3.63) is 70.9 Å². The largest absolute Gasteiger partial charge is 0.364 e. The van der Waals surface area contributed by atoms with Crippen molar-refractivity contribution in [1.29, 1.82) is 0 Å². The topological polar surface area (TPSA) is 75.9 Å². The highest BCUT2D eigenvalue weighted by atomic mass is 16.2. The third-order valence-electron chi connectivity index (χ3n) is 2.71. The Kier molecular flexibility index (Phi) is 3.20. The lowest BCUT2D eigenvalue weighted by molar-refractivity contribution is 0.842. The predicted octanol–water partition coefficient (Wildman–Crippen LogP) is 1.52. The first-order chi connectivity index (χ1) is 9.84. The van der Waals surface area contributed by atoms with Crippen LogP contribution in [0.2, 0.25) is 0 Å². The monoisotopic (exact) mass is 265 g/mol. The van der Waals surface area contributed by atoms with Gasteiger partial charge in [0.25, 0.3) is 0 Å². The van der Waals surface area contributed by atoms with Crippen LogP contribution in [0.3, 0.4) is 0 Å². The van der Waals surface area contributed by atoms with Crippen LogP contribution in [0.15, 0.2) is 64.8 Å². The van der Waals surface area contributed by atoms with Gasteiger partial charge in [-0.2, -0.15) is 14.9 Å². The Labute approximate surface area is 114 Å². The zero-order valence-electron chi connectivity index (χ0n) is 10.5. The Morgan fingerprint density at radius 3 is 2.60 bits per heavy atom. The third-order valence-corrected chi connectivity index (χ3v) is 2.71. The minimum absolute atomic E-state index is 0.380. The molecule has 3 rings (SSSR count). The average Bonchev–Trinajstić information content (AvgIpc) is 2.88. The third kappa shape index (κ3) is 2.39. The zero-order chi connectivity index (χ0) is 13.8. The molecule has 0 saturated heterocycles. The maximum atomic E-state index is 11.8. The number of benzene rings is 1. The van der Waals surface area contributed by atoms with Crippen LogP contribution in [0.5, 0.6) is 0 Å². The Morgan fingerprint density at radius 2 is 1.85 bits per heavy atom. The summed E-state index contributed by atoms with van der Waals surface area (Å²) in [6.07, 6.45) is 4.92. The molecule has 0 spiro atoms. The van der Waals surface area contributed by atoms with E-state index in [1.807, 2.05) is 30.3 Å². The second-order valence-electron chi connectivity index (χ2n) is 4.06. The fourth-order valence-electron chi connectivity index (χ4n) is 1.75. The van der Waals surface area contributed by atoms with Crippen LogP contribution in [0, 0.1) is 0 Å². The van der Waals surface area contributed by atoms with Gasteiger partial charge in [0.05, 0.1) is 6.21 Å². The van der Waals surface area contributed by atoms with Crippen LogP contribution in [0.4, 0.5) is 0 Å². The van der Waals surface area contributed by atoms with Crippen molar-refractivity contribution < 1.29 is 0 Å². The number of aromatic amines is 1. The van der Waals surface area contributed by atoms with E-state index >= 15 is 0 Å². The summed E-state index contributed by atoms with van der Waals surface area (Å²) in [5.41, 5.74) is 1.29. The van der Waals surface area contributed by atoms with E-state index in [2.05, 4.69) is 20.3 Å². The smallest absolute Gasteiger partial charge is 0.265 e. The zero-order valence-corrected chi connectivity index (χ0v) is 10.5. The molecule has 6 heteroatoms. The maximum absolute atomic E-state index is 11.8. The van der Waals surface area contributed by atoms with Crippen LogP contribution < -0.4 is 5.69 Å². The minimum Gasteiger partial charge on any atom is -0.265 e. The molecule has 1 N–H and O–H groups in total. The second-order valence-corrected chi connectivity index (χ2v) is 4.06. The summed E-state index contributed by atoms with van der Waals surface area (Å²) in [7, 11) is 0. The molecule has 6 nitrogen and oxygen atoms in total. The van der Waals surface area contributed by atoms with E-state index < -0.39 is 0 Å². The molecule has 0 bridgehead atoms. The van der Waals surface area contributed by atoms with Gasteiger partial charge < -0.3 is 0 Å². The van der Waals surface area contributed by atoms with Gasteiger partial charge in [0.15, 0.2) is 5.82 Å². The summed E-state index contributed by atoms with van der Waals surface area (Å²) in [6.45, 7) is 0. The Bertz CT molecular complexity index is 774. The van der Waals surface area contributed by atoms with Gasteiger partial charge in [-0.15, -0.1) is 0 Å². The highest BCUT2D eigenvalue weighted by molar-refractivity contribution is 5.79. The molecule has 0 aliphatic heterocycles. The second kappa shape index (κ2) is 5.31. The number of rotatable bonds is 3. The van der Waals surface area contributed by atoms with Crippen LogP contribution >= 0.6 is 0 Å². The summed E-state index contributed by atoms with van der Waals surface area (Å²) in [4.78, 5) is 15.7. The number of hydrogen-bond acceptors (Lipinski definition) is 4. The molecule has 0 unspecified atom stereocenters. The summed E-state index contributed by atoms with van der Waals surface area (Å²) >= 11 is 0. The van der Waals surface area contributed by atoms with Crippen molar-refractivity contribution in [2.45, 2.75) is 0 Å². The van der Waals surface area contributed by atoms with E-state index in [9.17, 15) is 4.79 Å². The van der Waals surface area contributed by atoms with Crippen molar-refractivity contribution >= 4 is 6.21 Å². The van der Waals surface area contributed by atoms with Crippen LogP contribution in [-0.4, -0.2) is 26.1 Å². The van der Waals surface area contributed by atoms with Crippen LogP contribution in [0.25, 0.3) is 11.4 Å². The summed E-state index contributed by atoms with van der Waals surface area (Å²) < 4.78 is 1.23. The molecular weight excluding hydrogens is 254 g/mol. The Hall–Kier alpha value is -3.02. The van der Waals surface area contributed by atoms with Crippen molar-refractivity contribution in [3.8, 4) is 11.4 Å². The van der Waals surface area contributed by atoms with Crippen LogP contribution in [0.1, 0.15) is 5.56 Å². The molecule has 2 heterocycles. The lowest BCUT2D eigenvalue weighted by Crippen LogP contribution is -2.13. The van der Waals surface area contributed by atoms with Gasteiger partial charge in [-0.25, -0.2) is 9.89 Å². The molecule has 0 aliphatic rings. The molecule has 0 radical (unpaired) electrons. The normalized spacial score (nSPS) is 11.0. The van der Waals surface area contributed by atoms with Gasteiger partial charge in [-0.3, -0.25) is 4.98 Å². The lowest BCUT2D eigenvalue weighted by Gasteiger charge is -1.99. The number of nitrogens with zero attached hydrogens (tertiary/aromatic N) is 4. The molecule has 0 saturated carbocycles. The molecule has 98 valence electrons. The summed E-state index contributed by atoms with van der Waals surface area (Å²) in [6, 6.07) is 13.0. The fourth-order valence-corrected chi connectivity index (χ4v) is 1.75. The van der Waals surface area contributed by atoms with Crippen LogP contribution in [-0.2, 0) is 0 Å². The van der Waals surface area contributed by atoms with Crippen molar-refractivity contribution in [2.75, 3.05) is 0 Å². The van der Waals surface area contributed by atoms with E-state index in [1.54, 1.807) is 30.7 Å². The minimum atomic E-state index is -0.380. The van der Waals surface area contributed by atoms with E-state index in [0.29, 0.717) is 5.82 Å². The predicted molar refractivity (Wildman–Crippen MR) is 75.5 cm³/mol. The molecule has 20 heavy (non-hydrogen) atoms. The summed E-state index contributed by atoms with van der Waals surface area (Å²) in [5.74, 6) is 0.473. The Balaban J connectivity index is 2.01. The molecule has 0 fully saturated rings.